The number of ether oxygens (including phenoxy) is 2. The van der Waals surface area contributed by atoms with E-state index in [4.69, 9.17) is 9.47 Å². The van der Waals surface area contributed by atoms with Gasteiger partial charge in [-0.05, 0) is 54.3 Å². The van der Waals surface area contributed by atoms with Crippen LogP contribution in [0.25, 0.3) is 0 Å². The molecule has 34 heavy (non-hydrogen) atoms. The third kappa shape index (κ3) is 6.81. The zero-order valence-electron chi connectivity index (χ0n) is 19.1. The predicted molar refractivity (Wildman–Crippen MR) is 128 cm³/mol. The number of amides is 2. The minimum atomic E-state index is -0.0786. The van der Waals surface area contributed by atoms with Gasteiger partial charge in [0.1, 0.15) is 18.1 Å². The molecule has 1 saturated heterocycles. The van der Waals surface area contributed by atoms with Crippen LogP contribution in [0.5, 0.6) is 11.5 Å². The predicted octanol–water partition coefficient (Wildman–Crippen LogP) is 3.59. The average Bonchev–Trinajstić information content (AvgIpc) is 2.91. The van der Waals surface area contributed by atoms with Crippen molar-refractivity contribution in [2.45, 2.75) is 26.0 Å². The zero-order chi connectivity index (χ0) is 23.6. The molecule has 1 aliphatic heterocycles. The maximum Gasteiger partial charge on any atom is 0.260 e. The molecule has 0 aliphatic carbocycles. The highest BCUT2D eigenvalue weighted by atomic mass is 16.5. The van der Waals surface area contributed by atoms with E-state index >= 15 is 0 Å². The van der Waals surface area contributed by atoms with Gasteiger partial charge in [0.05, 0.1) is 0 Å². The highest BCUT2D eigenvalue weighted by Crippen LogP contribution is 2.20. The number of hydrogen-bond acceptors (Lipinski definition) is 5. The minimum Gasteiger partial charge on any atom is -0.489 e. The molecule has 1 N–H and O–H groups in total. The lowest BCUT2D eigenvalue weighted by atomic mass is 9.96. The normalized spacial score (nSPS) is 13.8. The number of nitrogens with one attached hydrogen (secondary N) is 1. The van der Waals surface area contributed by atoms with Crippen LogP contribution in [0.3, 0.4) is 0 Å². The maximum absolute atomic E-state index is 12.6. The summed E-state index contributed by atoms with van der Waals surface area (Å²) >= 11 is 0. The lowest BCUT2D eigenvalue weighted by Gasteiger charge is -2.31. The topological polar surface area (TPSA) is 80.8 Å². The molecule has 0 spiro atoms. The van der Waals surface area contributed by atoms with Gasteiger partial charge in [0.25, 0.3) is 5.91 Å². The van der Waals surface area contributed by atoms with Crippen LogP contribution in [0.15, 0.2) is 79.1 Å². The third-order valence-corrected chi connectivity index (χ3v) is 5.84. The fourth-order valence-corrected chi connectivity index (χ4v) is 3.84. The Labute approximate surface area is 199 Å². The van der Waals surface area contributed by atoms with E-state index in [9.17, 15) is 9.59 Å². The second-order valence-electron chi connectivity index (χ2n) is 8.27. The number of piperidine rings is 1. The van der Waals surface area contributed by atoms with E-state index in [1.807, 2.05) is 54.6 Å². The SMILES string of the molecule is O=C(NCc1cccnc1)C1CCN(C(=O)COc2ccc(OCc3ccccc3)cc2)CC1. The average molecular weight is 460 g/mol. The molecule has 1 aliphatic rings. The van der Waals surface area contributed by atoms with Crippen molar-refractivity contribution in [2.75, 3.05) is 19.7 Å². The Morgan fingerprint density at radius 3 is 2.24 bits per heavy atom. The van der Waals surface area contributed by atoms with Gasteiger partial charge in [-0.2, -0.15) is 0 Å². The largest absolute Gasteiger partial charge is 0.489 e. The lowest BCUT2D eigenvalue weighted by Crippen LogP contribution is -2.44. The second-order valence-corrected chi connectivity index (χ2v) is 8.27. The first-order valence-corrected chi connectivity index (χ1v) is 11.5. The van der Waals surface area contributed by atoms with E-state index in [0.717, 1.165) is 16.9 Å². The number of pyridine rings is 1. The van der Waals surface area contributed by atoms with Crippen LogP contribution in [0, 0.1) is 5.92 Å². The summed E-state index contributed by atoms with van der Waals surface area (Å²) in [6, 6.07) is 21.0. The van der Waals surface area contributed by atoms with Gasteiger partial charge >= 0.3 is 0 Å². The quantitative estimate of drug-likeness (QED) is 0.529. The fraction of sp³-hybridized carbons (Fsp3) is 0.296. The smallest absolute Gasteiger partial charge is 0.260 e. The van der Waals surface area contributed by atoms with Crippen LogP contribution in [0.2, 0.25) is 0 Å². The van der Waals surface area contributed by atoms with E-state index in [1.54, 1.807) is 29.4 Å². The van der Waals surface area contributed by atoms with Gasteiger partial charge in [-0.25, -0.2) is 0 Å². The molecule has 0 bridgehead atoms. The molecule has 7 heteroatoms. The van der Waals surface area contributed by atoms with Gasteiger partial charge in [0, 0.05) is 37.9 Å². The summed E-state index contributed by atoms with van der Waals surface area (Å²) < 4.78 is 11.4. The van der Waals surface area contributed by atoms with Crippen molar-refractivity contribution < 1.29 is 19.1 Å². The van der Waals surface area contributed by atoms with Crippen LogP contribution in [-0.4, -0.2) is 41.4 Å². The first kappa shape index (κ1) is 23.3. The highest BCUT2D eigenvalue weighted by Gasteiger charge is 2.27. The second kappa shape index (κ2) is 11.8. The molecule has 3 aromatic rings. The van der Waals surface area contributed by atoms with Crippen LogP contribution in [-0.2, 0) is 22.7 Å². The van der Waals surface area contributed by atoms with Crippen LogP contribution >= 0.6 is 0 Å². The number of carbonyl (C=O) groups is 2. The van der Waals surface area contributed by atoms with E-state index in [1.165, 1.54) is 0 Å². The van der Waals surface area contributed by atoms with E-state index < -0.39 is 0 Å². The third-order valence-electron chi connectivity index (χ3n) is 5.84. The zero-order valence-corrected chi connectivity index (χ0v) is 19.1. The van der Waals surface area contributed by atoms with Gasteiger partial charge in [-0.1, -0.05) is 36.4 Å². The Hall–Kier alpha value is -3.87. The van der Waals surface area contributed by atoms with Crippen LogP contribution < -0.4 is 14.8 Å². The Morgan fingerprint density at radius 2 is 1.56 bits per heavy atom. The first-order chi connectivity index (χ1) is 16.7. The van der Waals surface area contributed by atoms with E-state index in [-0.39, 0.29) is 24.3 Å². The molecule has 0 saturated carbocycles. The van der Waals surface area contributed by atoms with Crippen LogP contribution in [0.4, 0.5) is 0 Å². The van der Waals surface area contributed by atoms with Crippen molar-refractivity contribution in [3.8, 4) is 11.5 Å². The minimum absolute atomic E-state index is 0.0257. The lowest BCUT2D eigenvalue weighted by molar-refractivity contribution is -0.137. The van der Waals surface area contributed by atoms with E-state index in [0.29, 0.717) is 44.8 Å². The van der Waals surface area contributed by atoms with Gasteiger partial charge in [-0.15, -0.1) is 0 Å². The van der Waals surface area contributed by atoms with Gasteiger partial charge in [0.15, 0.2) is 6.61 Å². The van der Waals surface area contributed by atoms with Crippen molar-refractivity contribution in [2.24, 2.45) is 5.92 Å². The highest BCUT2D eigenvalue weighted by molar-refractivity contribution is 5.80. The Kier molecular flexibility index (Phi) is 8.11. The molecule has 2 aromatic carbocycles. The molecular weight excluding hydrogens is 430 g/mol. The van der Waals surface area contributed by atoms with E-state index in [2.05, 4.69) is 10.3 Å². The number of likely N-dealkylation sites (tertiary alicyclic amines) is 1. The van der Waals surface area contributed by atoms with Crippen LogP contribution in [0.1, 0.15) is 24.0 Å². The molecule has 7 nitrogen and oxygen atoms in total. The number of carbonyl (C=O) groups excluding carboxylic acids is 2. The number of rotatable bonds is 9. The standard InChI is InChI=1S/C27H29N3O4/c31-26(20-34-25-10-8-24(9-11-25)33-19-21-5-2-1-3-6-21)30-15-12-23(13-16-30)27(32)29-18-22-7-4-14-28-17-22/h1-11,14,17,23H,12-13,15-16,18-20H2,(H,29,32). The molecule has 0 unspecified atom stereocenters. The summed E-state index contributed by atoms with van der Waals surface area (Å²) in [4.78, 5) is 30.8. The molecule has 0 atom stereocenters. The van der Waals surface area contributed by atoms with Crippen molar-refractivity contribution >= 4 is 11.8 Å². The molecule has 2 heterocycles. The summed E-state index contributed by atoms with van der Waals surface area (Å²) in [6.07, 6.45) is 4.75. The van der Waals surface area contributed by atoms with Gasteiger partial charge < -0.3 is 19.7 Å². The summed E-state index contributed by atoms with van der Waals surface area (Å²) in [5.41, 5.74) is 2.07. The molecule has 176 valence electrons. The molecule has 1 fully saturated rings. The van der Waals surface area contributed by atoms with Gasteiger partial charge in [-0.3, -0.25) is 14.6 Å². The Bertz CT molecular complexity index is 1050. The fourth-order valence-electron chi connectivity index (χ4n) is 3.84. The molecule has 1 aromatic heterocycles. The number of hydrogen-bond donors (Lipinski definition) is 1. The number of nitrogens with zero attached hydrogens (tertiary/aromatic N) is 2. The summed E-state index contributed by atoms with van der Waals surface area (Å²) in [5.74, 6) is 1.24. The first-order valence-electron chi connectivity index (χ1n) is 11.5. The number of benzene rings is 2. The van der Waals surface area contributed by atoms with Crippen molar-refractivity contribution in [1.29, 1.82) is 0 Å². The molecule has 4 rings (SSSR count). The summed E-state index contributed by atoms with van der Waals surface area (Å²) in [5, 5.41) is 2.96. The Morgan fingerprint density at radius 1 is 0.882 bits per heavy atom. The van der Waals surface area contributed by atoms with Crippen molar-refractivity contribution in [1.82, 2.24) is 15.2 Å². The molecule has 2 amide bonds. The summed E-state index contributed by atoms with van der Waals surface area (Å²) in [7, 11) is 0. The molecular formula is C27H29N3O4. The van der Waals surface area contributed by atoms with Crippen molar-refractivity contribution in [3.63, 3.8) is 0 Å². The maximum atomic E-state index is 12.6. The molecule has 0 radical (unpaired) electrons. The summed E-state index contributed by atoms with van der Waals surface area (Å²) in [6.45, 7) is 2.05. The van der Waals surface area contributed by atoms with Crippen molar-refractivity contribution in [3.05, 3.63) is 90.3 Å². The number of aromatic nitrogens is 1. The van der Waals surface area contributed by atoms with Gasteiger partial charge in [0.2, 0.25) is 5.91 Å². The Balaban J connectivity index is 1.15. The monoisotopic (exact) mass is 459 g/mol.